The van der Waals surface area contributed by atoms with Crippen LogP contribution in [0.3, 0.4) is 0 Å². The van der Waals surface area contributed by atoms with Crippen molar-refractivity contribution in [2.24, 2.45) is 0 Å². The molecule has 0 spiro atoms. The summed E-state index contributed by atoms with van der Waals surface area (Å²) in [5, 5.41) is 10.4. The smallest absolute Gasteiger partial charge is 0.264 e. The molecule has 2 rings (SSSR count). The fourth-order valence-corrected chi connectivity index (χ4v) is 2.68. The molecule has 0 bridgehead atoms. The first-order valence-electron chi connectivity index (χ1n) is 8.57. The normalized spacial score (nSPS) is 12.8. The average molecular weight is 438 g/mol. The van der Waals surface area contributed by atoms with E-state index in [-0.39, 0.29) is 7.43 Å². The summed E-state index contributed by atoms with van der Waals surface area (Å²) in [5.74, 6) is 0. The maximum atomic E-state index is 10.8. The Balaban J connectivity index is 0. The fraction of sp³-hybridized carbons (Fsp3) is 0.400. The second kappa shape index (κ2) is 14.0. The Labute approximate surface area is 175 Å². The van der Waals surface area contributed by atoms with E-state index in [2.05, 4.69) is 0 Å². The van der Waals surface area contributed by atoms with Crippen LogP contribution in [0.5, 0.6) is 0 Å². The molecule has 154 valence electrons. The number of hydrogen-bond donors (Lipinski definition) is 1. The molecule has 1 N–H and O–H groups in total. The summed E-state index contributed by atoms with van der Waals surface area (Å²) in [7, 11) is -3.41. The van der Waals surface area contributed by atoms with Gasteiger partial charge in [-0.15, -0.1) is 0 Å². The minimum absolute atomic E-state index is 0. The van der Waals surface area contributed by atoms with Gasteiger partial charge in [-0.3, -0.25) is 4.18 Å². The van der Waals surface area contributed by atoms with E-state index in [9.17, 15) is 8.42 Å². The highest BCUT2D eigenvalue weighted by Gasteiger charge is 2.11. The molecule has 0 aliphatic heterocycles. The molecule has 4 nitrogen and oxygen atoms in total. The van der Waals surface area contributed by atoms with Gasteiger partial charge in [-0.25, -0.2) is 0 Å². The lowest BCUT2D eigenvalue weighted by Crippen LogP contribution is -2.07. The van der Waals surface area contributed by atoms with E-state index in [1.165, 1.54) is 0 Å². The van der Waals surface area contributed by atoms with Crippen LogP contribution in [0.2, 0.25) is 10.0 Å². The number of hydrogen-bond acceptors (Lipinski definition) is 4. The molecule has 0 heterocycles. The summed E-state index contributed by atoms with van der Waals surface area (Å²) in [6, 6.07) is 14.0. The zero-order valence-corrected chi connectivity index (χ0v) is 17.6. The quantitative estimate of drug-likeness (QED) is 0.559. The van der Waals surface area contributed by atoms with Gasteiger partial charge in [0.05, 0.1) is 18.5 Å². The summed E-state index contributed by atoms with van der Waals surface area (Å²) in [5.41, 5.74) is 1.67. The van der Waals surface area contributed by atoms with Gasteiger partial charge in [0.15, 0.2) is 0 Å². The summed E-state index contributed by atoms with van der Waals surface area (Å²) in [6.07, 6.45) is 0.138. The fourth-order valence-electron chi connectivity index (χ4n) is 1.79. The second-order valence-electron chi connectivity index (χ2n) is 5.22. The van der Waals surface area contributed by atoms with Crippen molar-refractivity contribution in [2.45, 2.75) is 47.3 Å². The van der Waals surface area contributed by atoms with Crippen molar-refractivity contribution in [3.05, 3.63) is 69.7 Å². The predicted molar refractivity (Wildman–Crippen MR) is 116 cm³/mol. The highest BCUT2D eigenvalue weighted by molar-refractivity contribution is 7.86. The Hall–Kier alpha value is -1.11. The van der Waals surface area contributed by atoms with Crippen LogP contribution < -0.4 is 0 Å². The van der Waals surface area contributed by atoms with Crippen LogP contribution in [0.4, 0.5) is 0 Å². The molecule has 0 radical (unpaired) electrons. The van der Waals surface area contributed by atoms with E-state index in [1.54, 1.807) is 57.2 Å². The van der Waals surface area contributed by atoms with Crippen molar-refractivity contribution in [1.82, 2.24) is 0 Å². The van der Waals surface area contributed by atoms with Crippen LogP contribution in [0.15, 0.2) is 48.5 Å². The third-order valence-corrected chi connectivity index (χ3v) is 4.15. The summed E-state index contributed by atoms with van der Waals surface area (Å²) < 4.78 is 32.7. The van der Waals surface area contributed by atoms with Crippen LogP contribution >= 0.6 is 23.2 Å². The average Bonchev–Trinajstić information content (AvgIpc) is 2.55. The second-order valence-corrected chi connectivity index (χ2v) is 7.70. The largest absolute Gasteiger partial charge is 0.389 e. The highest BCUT2D eigenvalue weighted by Crippen LogP contribution is 2.20. The van der Waals surface area contributed by atoms with Crippen LogP contribution in [0, 0.1) is 0 Å². The Morgan fingerprint density at radius 3 is 1.59 bits per heavy atom. The molecule has 2 unspecified atom stereocenters. The van der Waals surface area contributed by atoms with E-state index in [0.29, 0.717) is 16.9 Å². The van der Waals surface area contributed by atoms with Gasteiger partial charge in [0.25, 0.3) is 10.1 Å². The molecular formula is C20H30Cl2O4S. The van der Waals surface area contributed by atoms with Gasteiger partial charge in [-0.1, -0.05) is 68.7 Å². The van der Waals surface area contributed by atoms with Crippen molar-refractivity contribution >= 4 is 33.3 Å². The number of halogens is 2. The predicted octanol–water partition coefficient (Wildman–Crippen LogP) is 6.43. The van der Waals surface area contributed by atoms with Gasteiger partial charge < -0.3 is 5.11 Å². The molecule has 0 saturated carbocycles. The third-order valence-electron chi connectivity index (χ3n) is 3.01. The first-order valence-corrected chi connectivity index (χ1v) is 10.4. The van der Waals surface area contributed by atoms with Crippen molar-refractivity contribution < 1.29 is 19.1 Å². The maximum absolute atomic E-state index is 10.8. The third kappa shape index (κ3) is 12.8. The molecule has 0 saturated heterocycles. The van der Waals surface area contributed by atoms with Gasteiger partial charge in [-0.2, -0.15) is 8.42 Å². The van der Waals surface area contributed by atoms with E-state index in [0.717, 1.165) is 17.4 Å². The minimum atomic E-state index is -3.41. The van der Waals surface area contributed by atoms with Crippen molar-refractivity contribution in [3.63, 3.8) is 0 Å². The van der Waals surface area contributed by atoms with E-state index in [1.807, 2.05) is 12.1 Å². The molecule has 27 heavy (non-hydrogen) atoms. The molecule has 0 fully saturated rings. The molecule has 7 heteroatoms. The summed E-state index contributed by atoms with van der Waals surface area (Å²) in [6.45, 7) is 5.69. The Bertz CT molecular complexity index is 749. The van der Waals surface area contributed by atoms with Crippen LogP contribution in [0.1, 0.15) is 59.8 Å². The van der Waals surface area contributed by atoms with Crippen molar-refractivity contribution in [3.8, 4) is 0 Å². The Kier molecular flexibility index (Phi) is 13.4. The van der Waals surface area contributed by atoms with Gasteiger partial charge in [0.2, 0.25) is 0 Å². The Morgan fingerprint density at radius 2 is 1.30 bits per heavy atom. The number of benzene rings is 2. The zero-order valence-electron chi connectivity index (χ0n) is 16.3. The number of aliphatic hydroxyl groups excluding tert-OH is 1. The first-order chi connectivity index (χ1) is 12.5. The zero-order chi connectivity index (χ0) is 21.0. The lowest BCUT2D eigenvalue weighted by molar-refractivity contribution is 0.199. The lowest BCUT2D eigenvalue weighted by atomic mass is 10.1. The SMILES string of the molecule is C.CC(O)c1ccc(Cl)cc1.CC(OS(C)(=O)=O)c1ccc(Cl)cc1.[2H]CC. The van der Waals surface area contributed by atoms with Crippen LogP contribution in [-0.2, 0) is 14.3 Å². The lowest BCUT2D eigenvalue weighted by Gasteiger charge is -2.10. The van der Waals surface area contributed by atoms with Gasteiger partial charge in [0, 0.05) is 11.4 Å². The van der Waals surface area contributed by atoms with E-state index < -0.39 is 22.3 Å². The number of aliphatic hydroxyl groups is 1. The molecular weight excluding hydrogens is 407 g/mol. The van der Waals surface area contributed by atoms with E-state index >= 15 is 0 Å². The Morgan fingerprint density at radius 1 is 0.963 bits per heavy atom. The first kappa shape index (κ1) is 25.9. The van der Waals surface area contributed by atoms with Gasteiger partial charge in [-0.05, 0) is 49.2 Å². The highest BCUT2D eigenvalue weighted by atomic mass is 35.5. The molecule has 0 aromatic heterocycles. The van der Waals surface area contributed by atoms with Gasteiger partial charge >= 0.3 is 0 Å². The maximum Gasteiger partial charge on any atom is 0.264 e. The molecule has 0 amide bonds. The summed E-state index contributed by atoms with van der Waals surface area (Å²) in [4.78, 5) is 0. The van der Waals surface area contributed by atoms with Gasteiger partial charge in [0.1, 0.15) is 0 Å². The summed E-state index contributed by atoms with van der Waals surface area (Å²) >= 11 is 11.3. The van der Waals surface area contributed by atoms with Crippen LogP contribution in [-0.4, -0.2) is 19.8 Å². The molecule has 2 aromatic rings. The van der Waals surface area contributed by atoms with Crippen molar-refractivity contribution in [2.75, 3.05) is 6.26 Å². The van der Waals surface area contributed by atoms with Crippen molar-refractivity contribution in [1.29, 1.82) is 0 Å². The topological polar surface area (TPSA) is 63.6 Å². The molecule has 2 atom stereocenters. The van der Waals surface area contributed by atoms with E-state index in [4.69, 9.17) is 33.9 Å². The standard InChI is InChI=1S/C9H11ClO3S.C8H9ClO.C2H6.CH4/c1-7(13-14(2,11)12)8-3-5-9(10)6-4-8;1-6(10)7-2-4-8(9)5-3-7;1-2;/h3-7H,1-2H3;2-6,10H,1H3;1-2H3;1H4/i;;1D;. The molecule has 2 aromatic carbocycles. The minimum Gasteiger partial charge on any atom is -0.389 e. The van der Waals surface area contributed by atoms with Crippen LogP contribution in [0.25, 0.3) is 0 Å². The molecule has 0 aliphatic rings. The monoisotopic (exact) mass is 437 g/mol. The number of rotatable bonds is 4. The molecule has 0 aliphatic carbocycles.